The van der Waals surface area contributed by atoms with Gasteiger partial charge in [-0.15, -0.1) is 12.8 Å². The van der Waals surface area contributed by atoms with Crippen molar-refractivity contribution in [1.82, 2.24) is 0 Å². The van der Waals surface area contributed by atoms with E-state index in [1.807, 2.05) is 0 Å². The van der Waals surface area contributed by atoms with Crippen LogP contribution in [0, 0.1) is 12.2 Å². The predicted octanol–water partition coefficient (Wildman–Crippen LogP) is -1.55. The molecule has 3 rings (SSSR count). The van der Waals surface area contributed by atoms with Crippen LogP contribution < -0.4 is 24.8 Å². The second-order valence-corrected chi connectivity index (χ2v) is 6.24. The van der Waals surface area contributed by atoms with Gasteiger partial charge in [0.1, 0.15) is 0 Å². The Labute approximate surface area is 159 Å². The van der Waals surface area contributed by atoms with Crippen LogP contribution in [0.2, 0.25) is 12.1 Å². The van der Waals surface area contributed by atoms with E-state index in [-0.39, 0.29) is 51.0 Å². The molecule has 1 fully saturated rings. The summed E-state index contributed by atoms with van der Waals surface area (Å²) >= 11 is 0. The average Bonchev–Trinajstić information content (AvgIpc) is 2.99. The third kappa shape index (κ3) is 15.0. The Hall–Kier alpha value is 0.640. The molecule has 1 saturated heterocycles. The van der Waals surface area contributed by atoms with Crippen molar-refractivity contribution in [3.05, 3.63) is 47.6 Å². The number of hydrogen-bond donors (Lipinski definition) is 0. The maximum atomic E-state index is 3.12. The average molecular weight is 406 g/mol. The molecule has 20 heavy (non-hydrogen) atoms. The second kappa shape index (κ2) is 17.7. The fraction of sp³-hybridized carbons (Fsp3) is 0.500. The molecule has 0 bridgehead atoms. The van der Waals surface area contributed by atoms with Gasteiger partial charge in [-0.1, -0.05) is 38.8 Å². The zero-order chi connectivity index (χ0) is 12.3. The summed E-state index contributed by atoms with van der Waals surface area (Å²) in [6.07, 6.45) is 19.7. The molecular formula is C16H23Cl2SiZr. The molecule has 2 aliphatic carbocycles. The van der Waals surface area contributed by atoms with Crippen molar-refractivity contribution in [3.8, 4) is 0 Å². The minimum absolute atomic E-state index is 0. The van der Waals surface area contributed by atoms with Crippen LogP contribution in [0.5, 0.6) is 0 Å². The van der Waals surface area contributed by atoms with Crippen molar-refractivity contribution >= 4 is 9.52 Å². The molecule has 1 heterocycles. The summed E-state index contributed by atoms with van der Waals surface area (Å²) in [7, 11) is 0.926. The maximum Gasteiger partial charge on any atom is 4.00 e. The topological polar surface area (TPSA) is 0 Å². The van der Waals surface area contributed by atoms with Crippen molar-refractivity contribution in [2.75, 3.05) is 0 Å². The van der Waals surface area contributed by atoms with Crippen molar-refractivity contribution in [2.24, 2.45) is 0 Å². The summed E-state index contributed by atoms with van der Waals surface area (Å²) in [5.74, 6) is 0. The summed E-state index contributed by atoms with van der Waals surface area (Å²) in [5, 5.41) is 0. The van der Waals surface area contributed by atoms with Crippen LogP contribution in [0.4, 0.5) is 0 Å². The first-order valence-corrected chi connectivity index (χ1v) is 8.22. The minimum atomic E-state index is 0. The van der Waals surface area contributed by atoms with Crippen molar-refractivity contribution in [1.29, 1.82) is 0 Å². The zero-order valence-electron chi connectivity index (χ0n) is 12.4. The van der Waals surface area contributed by atoms with E-state index in [0.717, 1.165) is 22.4 Å². The summed E-state index contributed by atoms with van der Waals surface area (Å²) in [6.45, 7) is 4.12. The summed E-state index contributed by atoms with van der Waals surface area (Å²) in [5.41, 5.74) is 2.55. The van der Waals surface area contributed by atoms with Crippen molar-refractivity contribution in [2.45, 2.75) is 51.6 Å². The first-order chi connectivity index (χ1) is 8.29. The number of halogens is 2. The third-order valence-electron chi connectivity index (χ3n) is 2.80. The molecule has 0 unspecified atom stereocenters. The van der Waals surface area contributed by atoms with Gasteiger partial charge >= 0.3 is 26.2 Å². The zero-order valence-corrected chi connectivity index (χ0v) is 17.5. The second-order valence-electron chi connectivity index (χ2n) is 4.51. The Morgan fingerprint density at radius 2 is 1.25 bits per heavy atom. The molecule has 0 amide bonds. The van der Waals surface area contributed by atoms with Crippen molar-refractivity contribution in [3.63, 3.8) is 0 Å². The van der Waals surface area contributed by atoms with E-state index in [0.29, 0.717) is 0 Å². The monoisotopic (exact) mass is 403 g/mol. The maximum absolute atomic E-state index is 3.12. The van der Waals surface area contributed by atoms with E-state index >= 15 is 0 Å². The molecule has 4 heteroatoms. The molecule has 0 nitrogen and oxygen atoms in total. The van der Waals surface area contributed by atoms with Gasteiger partial charge in [0, 0.05) is 9.52 Å². The van der Waals surface area contributed by atoms with Gasteiger partial charge in [0.05, 0.1) is 0 Å². The Bertz CT molecular complexity index is 288. The van der Waals surface area contributed by atoms with Gasteiger partial charge in [-0.25, -0.2) is 23.3 Å². The largest absolute Gasteiger partial charge is 4.00 e. The van der Waals surface area contributed by atoms with E-state index in [1.165, 1.54) is 24.0 Å². The van der Waals surface area contributed by atoms with Crippen LogP contribution >= 0.6 is 0 Å². The molecule has 1 radical (unpaired) electrons. The first kappa shape index (κ1) is 25.6. The normalized spacial score (nSPS) is 17.1. The van der Waals surface area contributed by atoms with Gasteiger partial charge < -0.3 is 24.8 Å². The van der Waals surface area contributed by atoms with Crippen LogP contribution in [0.25, 0.3) is 0 Å². The SMILES string of the molecule is C1CC[SiH]C1.CC1=[C-]CC=C1.CC1=[C-]CC=C1.[Cl-].[Cl-].[Zr+4]. The van der Waals surface area contributed by atoms with E-state index < -0.39 is 0 Å². The minimum Gasteiger partial charge on any atom is -1.00 e. The number of hydrogen-bond acceptors (Lipinski definition) is 0. The Morgan fingerprint density at radius 1 is 0.850 bits per heavy atom. The van der Waals surface area contributed by atoms with Crippen LogP contribution in [-0.4, -0.2) is 9.52 Å². The van der Waals surface area contributed by atoms with Crippen molar-refractivity contribution < 1.29 is 51.0 Å². The van der Waals surface area contributed by atoms with E-state index in [1.54, 1.807) is 12.1 Å². The molecule has 0 aromatic rings. The summed E-state index contributed by atoms with van der Waals surface area (Å²) in [6, 6.07) is 3.17. The van der Waals surface area contributed by atoms with Gasteiger partial charge in [0.15, 0.2) is 0 Å². The Kier molecular flexibility index (Phi) is 22.6. The van der Waals surface area contributed by atoms with Gasteiger partial charge in [-0.05, 0) is 0 Å². The summed E-state index contributed by atoms with van der Waals surface area (Å²) in [4.78, 5) is 0. The first-order valence-electron chi connectivity index (χ1n) is 6.58. The predicted molar refractivity (Wildman–Crippen MR) is 78.4 cm³/mol. The van der Waals surface area contributed by atoms with Gasteiger partial charge in [-0.2, -0.15) is 12.2 Å². The molecule has 109 valence electrons. The molecular weight excluding hydrogens is 382 g/mol. The van der Waals surface area contributed by atoms with Gasteiger partial charge in [0.2, 0.25) is 0 Å². The fourth-order valence-corrected chi connectivity index (χ4v) is 3.19. The third-order valence-corrected chi connectivity index (χ3v) is 4.43. The standard InChI is InChI=1S/2C6H7.C4H9Si.2ClH.Zr/c2*1-6-4-2-3-5-6;1-2-4-5-3-1;;;/h2*2,4H,3H2,1H3;5H,1-4H2;2*1H;/q2*-1;;;;+4/p-2. The van der Waals surface area contributed by atoms with Crippen LogP contribution in [0.15, 0.2) is 35.5 Å². The molecule has 0 saturated carbocycles. The smallest absolute Gasteiger partial charge is 1.00 e. The molecule has 0 spiro atoms. The number of allylic oxidation sites excluding steroid dienone is 8. The van der Waals surface area contributed by atoms with Crippen LogP contribution in [-0.2, 0) is 26.2 Å². The molecule has 0 N–H and O–H groups in total. The van der Waals surface area contributed by atoms with Gasteiger partial charge in [0.25, 0.3) is 0 Å². The molecule has 0 aromatic carbocycles. The molecule has 3 aliphatic rings. The quantitative estimate of drug-likeness (QED) is 0.338. The van der Waals surface area contributed by atoms with E-state index in [2.05, 4.69) is 50.3 Å². The Balaban J connectivity index is -0.000000202. The van der Waals surface area contributed by atoms with Crippen LogP contribution in [0.1, 0.15) is 39.5 Å². The molecule has 0 atom stereocenters. The van der Waals surface area contributed by atoms with E-state index in [4.69, 9.17) is 0 Å². The van der Waals surface area contributed by atoms with Crippen LogP contribution in [0.3, 0.4) is 0 Å². The number of rotatable bonds is 0. The Morgan fingerprint density at radius 3 is 1.35 bits per heavy atom. The molecule has 0 aromatic heterocycles. The van der Waals surface area contributed by atoms with E-state index in [9.17, 15) is 0 Å². The van der Waals surface area contributed by atoms with Gasteiger partial charge in [-0.3, -0.25) is 12.2 Å². The molecule has 1 aliphatic heterocycles. The fourth-order valence-electron chi connectivity index (χ4n) is 1.75. The summed E-state index contributed by atoms with van der Waals surface area (Å²) < 4.78 is 0.